The molecule has 1 amide bonds. The highest BCUT2D eigenvalue weighted by molar-refractivity contribution is 5.76. The monoisotopic (exact) mass is 690 g/mol. The van der Waals surface area contributed by atoms with E-state index in [1.807, 2.05) is 6.08 Å². The molecule has 0 spiro atoms. The molecule has 3 unspecified atom stereocenters. The summed E-state index contributed by atoms with van der Waals surface area (Å²) in [5.41, 5.74) is 0. The summed E-state index contributed by atoms with van der Waals surface area (Å²) in [4.78, 5) is 12.4. The number of unbranched alkanes of at least 4 members (excludes halogenated alkanes) is 25. The number of hydrogen-bond acceptors (Lipinski definition) is 4. The quantitative estimate of drug-likeness (QED) is 0.0384. The second kappa shape index (κ2) is 39.4. The normalized spacial score (nSPS) is 14.0. The van der Waals surface area contributed by atoms with E-state index in [-0.39, 0.29) is 18.9 Å². The van der Waals surface area contributed by atoms with Gasteiger partial charge < -0.3 is 20.6 Å². The van der Waals surface area contributed by atoms with Gasteiger partial charge >= 0.3 is 0 Å². The Bertz CT molecular complexity index is 764. The summed E-state index contributed by atoms with van der Waals surface area (Å²) in [5, 5.41) is 33.1. The highest BCUT2D eigenvalue weighted by Gasteiger charge is 2.20. The fraction of sp³-hybridized carbons (Fsp3) is 0.841. The molecule has 0 aliphatic carbocycles. The lowest BCUT2D eigenvalue weighted by Crippen LogP contribution is -2.45. The molecular weight excluding hydrogens is 606 g/mol. The van der Waals surface area contributed by atoms with Crippen LogP contribution in [-0.4, -0.2) is 46.1 Å². The largest absolute Gasteiger partial charge is 0.394 e. The van der Waals surface area contributed by atoms with Gasteiger partial charge in [0, 0.05) is 0 Å². The Morgan fingerprint density at radius 1 is 0.510 bits per heavy atom. The minimum absolute atomic E-state index is 0.00486. The topological polar surface area (TPSA) is 89.8 Å². The van der Waals surface area contributed by atoms with Crippen LogP contribution in [0.5, 0.6) is 0 Å². The highest BCUT2D eigenvalue weighted by Crippen LogP contribution is 2.16. The van der Waals surface area contributed by atoms with Gasteiger partial charge in [0.1, 0.15) is 0 Å². The SMILES string of the molecule is CCCCCC/C=C/CC/C=C/CC/C=C/C(O)C(CO)NC(=O)CC(O)CCCCCCCCCCCCCCCCCCCCCC. The van der Waals surface area contributed by atoms with Gasteiger partial charge in [0.25, 0.3) is 0 Å². The van der Waals surface area contributed by atoms with Crippen molar-refractivity contribution in [3.8, 4) is 0 Å². The fourth-order valence-electron chi connectivity index (χ4n) is 6.37. The van der Waals surface area contributed by atoms with Gasteiger partial charge in [0.2, 0.25) is 5.91 Å². The number of rotatable bonds is 38. The van der Waals surface area contributed by atoms with Crippen LogP contribution in [0.3, 0.4) is 0 Å². The molecule has 0 heterocycles. The van der Waals surface area contributed by atoms with E-state index >= 15 is 0 Å². The molecule has 0 saturated heterocycles. The summed E-state index contributed by atoms with van der Waals surface area (Å²) in [6.45, 7) is 4.18. The molecule has 0 rings (SSSR count). The number of carbonyl (C=O) groups excluding carboxylic acids is 1. The van der Waals surface area contributed by atoms with Crippen LogP contribution in [0.1, 0.15) is 213 Å². The van der Waals surface area contributed by atoms with Crippen LogP contribution >= 0.6 is 0 Å². The summed E-state index contributed by atoms with van der Waals surface area (Å²) >= 11 is 0. The van der Waals surface area contributed by atoms with Crippen LogP contribution in [-0.2, 0) is 4.79 Å². The van der Waals surface area contributed by atoms with Crippen molar-refractivity contribution in [2.75, 3.05) is 6.61 Å². The van der Waals surface area contributed by atoms with Crippen LogP contribution in [0.2, 0.25) is 0 Å². The van der Waals surface area contributed by atoms with Crippen molar-refractivity contribution in [3.05, 3.63) is 36.5 Å². The van der Waals surface area contributed by atoms with Crippen molar-refractivity contribution in [1.82, 2.24) is 5.32 Å². The first-order valence-corrected chi connectivity index (χ1v) is 21.3. The minimum atomic E-state index is -0.956. The van der Waals surface area contributed by atoms with E-state index in [0.717, 1.165) is 38.5 Å². The summed E-state index contributed by atoms with van der Waals surface area (Å²) < 4.78 is 0. The molecule has 0 saturated carbocycles. The first-order valence-electron chi connectivity index (χ1n) is 21.3. The molecule has 0 aliphatic rings. The number of amides is 1. The maximum Gasteiger partial charge on any atom is 0.222 e. The summed E-state index contributed by atoms with van der Waals surface area (Å²) in [6, 6.07) is -0.764. The molecule has 3 atom stereocenters. The predicted octanol–water partition coefficient (Wildman–Crippen LogP) is 12.0. The van der Waals surface area contributed by atoms with E-state index in [1.54, 1.807) is 6.08 Å². The minimum Gasteiger partial charge on any atom is -0.394 e. The zero-order valence-corrected chi connectivity index (χ0v) is 32.6. The lowest BCUT2D eigenvalue weighted by Gasteiger charge is -2.21. The van der Waals surface area contributed by atoms with Crippen molar-refractivity contribution in [1.29, 1.82) is 0 Å². The number of hydrogen-bond donors (Lipinski definition) is 4. The van der Waals surface area contributed by atoms with Gasteiger partial charge in [-0.3, -0.25) is 4.79 Å². The van der Waals surface area contributed by atoms with Crippen LogP contribution in [0.15, 0.2) is 36.5 Å². The van der Waals surface area contributed by atoms with E-state index in [0.29, 0.717) is 6.42 Å². The van der Waals surface area contributed by atoms with E-state index in [2.05, 4.69) is 43.5 Å². The van der Waals surface area contributed by atoms with Gasteiger partial charge in [0.05, 0.1) is 31.3 Å². The number of allylic oxidation sites excluding steroid dienone is 5. The third-order valence-electron chi connectivity index (χ3n) is 9.66. The molecule has 4 N–H and O–H groups in total. The van der Waals surface area contributed by atoms with Crippen molar-refractivity contribution in [2.45, 2.75) is 231 Å². The summed E-state index contributed by atoms with van der Waals surface area (Å²) in [5.74, 6) is -0.329. The van der Waals surface area contributed by atoms with Crippen LogP contribution in [0.4, 0.5) is 0 Å². The molecule has 0 fully saturated rings. The van der Waals surface area contributed by atoms with Gasteiger partial charge in [0.15, 0.2) is 0 Å². The zero-order valence-electron chi connectivity index (χ0n) is 32.6. The number of nitrogens with one attached hydrogen (secondary N) is 1. The molecule has 288 valence electrons. The Labute approximate surface area is 304 Å². The second-order valence-corrected chi connectivity index (χ2v) is 14.6. The van der Waals surface area contributed by atoms with Gasteiger partial charge in [-0.25, -0.2) is 0 Å². The van der Waals surface area contributed by atoms with Crippen molar-refractivity contribution < 1.29 is 20.1 Å². The fourth-order valence-corrected chi connectivity index (χ4v) is 6.37. The first kappa shape index (κ1) is 47.6. The Hall–Kier alpha value is -1.43. The summed E-state index contributed by atoms with van der Waals surface area (Å²) in [6.07, 6.45) is 48.6. The smallest absolute Gasteiger partial charge is 0.222 e. The maximum atomic E-state index is 12.4. The average Bonchev–Trinajstić information content (AvgIpc) is 3.09. The van der Waals surface area contributed by atoms with Crippen molar-refractivity contribution in [3.63, 3.8) is 0 Å². The van der Waals surface area contributed by atoms with Gasteiger partial charge in [-0.15, -0.1) is 0 Å². The first-order chi connectivity index (χ1) is 24.0. The van der Waals surface area contributed by atoms with E-state index in [9.17, 15) is 20.1 Å². The Morgan fingerprint density at radius 2 is 0.878 bits per heavy atom. The molecule has 0 aromatic heterocycles. The standard InChI is InChI=1S/C44H83NO4/c1-3-5-7-9-11-13-15-17-19-20-21-22-23-24-25-27-29-31-33-35-37-41(47)39-44(49)45-42(40-46)43(48)38-36-34-32-30-28-26-18-16-14-12-10-8-6-4-2/h14,16,28,30,36,38,41-43,46-48H,3-13,15,17-27,29,31-35,37,39-40H2,1-2H3,(H,45,49)/b16-14+,30-28+,38-36+. The number of aliphatic hydroxyl groups excluding tert-OH is 3. The molecule has 5 heteroatoms. The zero-order chi connectivity index (χ0) is 35.9. The molecule has 0 aliphatic heterocycles. The number of aliphatic hydroxyl groups is 3. The molecular formula is C44H83NO4. The number of carbonyl (C=O) groups is 1. The van der Waals surface area contributed by atoms with Gasteiger partial charge in [-0.2, -0.15) is 0 Å². The van der Waals surface area contributed by atoms with Crippen LogP contribution in [0.25, 0.3) is 0 Å². The van der Waals surface area contributed by atoms with Crippen LogP contribution in [0, 0.1) is 0 Å². The van der Waals surface area contributed by atoms with Gasteiger partial charge in [-0.1, -0.05) is 198 Å². The van der Waals surface area contributed by atoms with Gasteiger partial charge in [-0.05, 0) is 44.9 Å². The molecule has 0 bridgehead atoms. The average molecular weight is 690 g/mol. The van der Waals surface area contributed by atoms with E-state index in [4.69, 9.17) is 0 Å². The maximum absolute atomic E-state index is 12.4. The lowest BCUT2D eigenvalue weighted by molar-refractivity contribution is -0.124. The molecule has 5 nitrogen and oxygen atoms in total. The van der Waals surface area contributed by atoms with Crippen molar-refractivity contribution in [2.24, 2.45) is 0 Å². The molecule has 0 radical (unpaired) electrons. The second-order valence-electron chi connectivity index (χ2n) is 14.6. The van der Waals surface area contributed by atoms with Crippen LogP contribution < -0.4 is 5.32 Å². The molecule has 49 heavy (non-hydrogen) atoms. The predicted molar refractivity (Wildman–Crippen MR) is 213 cm³/mol. The Kier molecular flexibility index (Phi) is 38.2. The Balaban J connectivity index is 3.69. The molecule has 0 aromatic carbocycles. The molecule has 0 aromatic rings. The van der Waals surface area contributed by atoms with Crippen molar-refractivity contribution >= 4 is 5.91 Å². The third kappa shape index (κ3) is 36.2. The Morgan fingerprint density at radius 3 is 1.31 bits per heavy atom. The van der Waals surface area contributed by atoms with E-state index in [1.165, 1.54) is 148 Å². The highest BCUT2D eigenvalue weighted by atomic mass is 16.3. The third-order valence-corrected chi connectivity index (χ3v) is 9.66. The lowest BCUT2D eigenvalue weighted by atomic mass is 10.0. The van der Waals surface area contributed by atoms with E-state index < -0.39 is 18.2 Å². The summed E-state index contributed by atoms with van der Waals surface area (Å²) in [7, 11) is 0.